The highest BCUT2D eigenvalue weighted by Crippen LogP contribution is 1.98. The fourth-order valence-corrected chi connectivity index (χ4v) is 1.10. The van der Waals surface area contributed by atoms with Gasteiger partial charge in [0.15, 0.2) is 0 Å². The lowest BCUT2D eigenvalue weighted by Gasteiger charge is -2.15. The largest absolute Gasteiger partial charge is 0.396 e. The van der Waals surface area contributed by atoms with Gasteiger partial charge in [0.1, 0.15) is 0 Å². The van der Waals surface area contributed by atoms with E-state index in [2.05, 4.69) is 18.8 Å². The third-order valence-electron chi connectivity index (χ3n) is 1.96. The Morgan fingerprint density at radius 1 is 1.58 bits per heavy atom. The Kier molecular flexibility index (Phi) is 7.11. The molecule has 2 N–H and O–H groups in total. The van der Waals surface area contributed by atoms with Crippen LogP contribution in [0.5, 0.6) is 0 Å². The van der Waals surface area contributed by atoms with E-state index in [1.807, 2.05) is 6.92 Å². The lowest BCUT2D eigenvalue weighted by Crippen LogP contribution is -2.30. The Morgan fingerprint density at radius 2 is 2.25 bits per heavy atom. The van der Waals surface area contributed by atoms with Gasteiger partial charge in [0.25, 0.3) is 0 Å². The van der Waals surface area contributed by atoms with Crippen LogP contribution in [0.3, 0.4) is 0 Å². The first-order valence-electron chi connectivity index (χ1n) is 4.69. The van der Waals surface area contributed by atoms with Crippen molar-refractivity contribution in [3.8, 4) is 0 Å². The molecule has 72 valence electrons. The number of rotatable bonds is 7. The molecule has 2 heteroatoms. The van der Waals surface area contributed by atoms with Crippen molar-refractivity contribution in [2.75, 3.05) is 13.2 Å². The summed E-state index contributed by atoms with van der Waals surface area (Å²) in [6, 6.07) is 0.467. The molecule has 0 aromatic rings. The molecule has 12 heavy (non-hydrogen) atoms. The van der Waals surface area contributed by atoms with E-state index >= 15 is 0 Å². The van der Waals surface area contributed by atoms with Crippen molar-refractivity contribution in [3.63, 3.8) is 0 Å². The number of aliphatic hydroxyl groups is 1. The maximum Gasteiger partial charge on any atom is 0.0445 e. The van der Waals surface area contributed by atoms with Gasteiger partial charge >= 0.3 is 0 Å². The average molecular weight is 171 g/mol. The summed E-state index contributed by atoms with van der Waals surface area (Å²) in [4.78, 5) is 0. The van der Waals surface area contributed by atoms with Gasteiger partial charge in [-0.05, 0) is 32.7 Å². The summed E-state index contributed by atoms with van der Waals surface area (Å²) in [6.45, 7) is 9.26. The van der Waals surface area contributed by atoms with E-state index < -0.39 is 0 Å². The molecule has 0 aromatic heterocycles. The van der Waals surface area contributed by atoms with E-state index in [1.165, 1.54) is 5.57 Å². The first-order valence-corrected chi connectivity index (χ1v) is 4.69. The Hall–Kier alpha value is -0.340. The van der Waals surface area contributed by atoms with Crippen molar-refractivity contribution in [2.24, 2.45) is 0 Å². The molecule has 0 radical (unpaired) electrons. The SMILES string of the molecule is C=C(C)CCNC(CC)CCO. The van der Waals surface area contributed by atoms with Crippen LogP contribution in [0, 0.1) is 0 Å². The molecular formula is C10H21NO. The molecule has 0 saturated heterocycles. The molecule has 0 aliphatic rings. The monoisotopic (exact) mass is 171 g/mol. The maximum atomic E-state index is 8.72. The van der Waals surface area contributed by atoms with Crippen molar-refractivity contribution < 1.29 is 5.11 Å². The van der Waals surface area contributed by atoms with Gasteiger partial charge in [-0.1, -0.05) is 12.5 Å². The first-order chi connectivity index (χ1) is 5.70. The molecule has 0 heterocycles. The van der Waals surface area contributed by atoms with Gasteiger partial charge in [-0.25, -0.2) is 0 Å². The lowest BCUT2D eigenvalue weighted by molar-refractivity contribution is 0.263. The Bertz CT molecular complexity index is 123. The minimum atomic E-state index is 0.276. The first kappa shape index (κ1) is 11.7. The van der Waals surface area contributed by atoms with Crippen LogP contribution in [0.2, 0.25) is 0 Å². The van der Waals surface area contributed by atoms with E-state index in [0.29, 0.717) is 6.04 Å². The minimum absolute atomic E-state index is 0.276. The van der Waals surface area contributed by atoms with Gasteiger partial charge in [-0.15, -0.1) is 6.58 Å². The summed E-state index contributed by atoms with van der Waals surface area (Å²) in [5, 5.41) is 12.1. The molecule has 2 nitrogen and oxygen atoms in total. The van der Waals surface area contributed by atoms with Crippen molar-refractivity contribution in [1.29, 1.82) is 0 Å². The van der Waals surface area contributed by atoms with Crippen molar-refractivity contribution in [3.05, 3.63) is 12.2 Å². The van der Waals surface area contributed by atoms with Crippen LogP contribution in [-0.2, 0) is 0 Å². The van der Waals surface area contributed by atoms with Crippen LogP contribution in [0.1, 0.15) is 33.1 Å². The zero-order valence-electron chi connectivity index (χ0n) is 8.27. The van der Waals surface area contributed by atoms with E-state index in [1.54, 1.807) is 0 Å². The average Bonchev–Trinajstić information content (AvgIpc) is 2.02. The van der Waals surface area contributed by atoms with Crippen LogP contribution in [0.25, 0.3) is 0 Å². The van der Waals surface area contributed by atoms with Gasteiger partial charge in [0.2, 0.25) is 0 Å². The third-order valence-corrected chi connectivity index (χ3v) is 1.96. The molecular weight excluding hydrogens is 150 g/mol. The molecule has 1 unspecified atom stereocenters. The molecule has 0 aliphatic heterocycles. The zero-order chi connectivity index (χ0) is 9.40. The summed E-state index contributed by atoms with van der Waals surface area (Å²) < 4.78 is 0. The molecule has 0 aromatic carbocycles. The Morgan fingerprint density at radius 3 is 2.67 bits per heavy atom. The van der Waals surface area contributed by atoms with E-state index in [9.17, 15) is 0 Å². The second-order valence-corrected chi connectivity index (χ2v) is 3.28. The summed E-state index contributed by atoms with van der Waals surface area (Å²) in [6.07, 6.45) is 2.96. The topological polar surface area (TPSA) is 32.3 Å². The van der Waals surface area contributed by atoms with Crippen LogP contribution in [0.4, 0.5) is 0 Å². The third kappa shape index (κ3) is 6.38. The zero-order valence-corrected chi connectivity index (χ0v) is 8.27. The van der Waals surface area contributed by atoms with Crippen molar-refractivity contribution in [1.82, 2.24) is 5.32 Å². The molecule has 0 amide bonds. The van der Waals surface area contributed by atoms with E-state index in [-0.39, 0.29) is 6.61 Å². The summed E-state index contributed by atoms with van der Waals surface area (Å²) in [7, 11) is 0. The minimum Gasteiger partial charge on any atom is -0.396 e. The highest BCUT2D eigenvalue weighted by Gasteiger charge is 2.02. The van der Waals surface area contributed by atoms with Gasteiger partial charge in [0, 0.05) is 12.6 Å². The normalized spacial score (nSPS) is 12.9. The molecule has 0 spiro atoms. The highest BCUT2D eigenvalue weighted by molar-refractivity contribution is 4.88. The standard InChI is InChI=1S/C10H21NO/c1-4-10(6-8-12)11-7-5-9(2)3/h10-12H,2,4-8H2,1,3H3. The number of hydrogen-bond donors (Lipinski definition) is 2. The van der Waals surface area contributed by atoms with E-state index in [4.69, 9.17) is 5.11 Å². The molecule has 0 aliphatic carbocycles. The van der Waals surface area contributed by atoms with Crippen molar-refractivity contribution >= 4 is 0 Å². The molecule has 0 fully saturated rings. The number of aliphatic hydroxyl groups excluding tert-OH is 1. The van der Waals surface area contributed by atoms with Crippen LogP contribution >= 0.6 is 0 Å². The van der Waals surface area contributed by atoms with Gasteiger partial charge in [-0.3, -0.25) is 0 Å². The highest BCUT2D eigenvalue weighted by atomic mass is 16.3. The fraction of sp³-hybridized carbons (Fsp3) is 0.800. The lowest BCUT2D eigenvalue weighted by atomic mass is 10.1. The second-order valence-electron chi connectivity index (χ2n) is 3.28. The van der Waals surface area contributed by atoms with Crippen LogP contribution in [-0.4, -0.2) is 24.3 Å². The van der Waals surface area contributed by atoms with Gasteiger partial charge in [-0.2, -0.15) is 0 Å². The Labute approximate surface area is 75.7 Å². The summed E-state index contributed by atoms with van der Waals surface area (Å²) in [5.41, 5.74) is 1.21. The van der Waals surface area contributed by atoms with Crippen LogP contribution in [0.15, 0.2) is 12.2 Å². The molecule has 1 atom stereocenters. The quantitative estimate of drug-likeness (QED) is 0.571. The maximum absolute atomic E-state index is 8.72. The summed E-state index contributed by atoms with van der Waals surface area (Å²) >= 11 is 0. The number of hydrogen-bond acceptors (Lipinski definition) is 2. The Balaban J connectivity index is 3.37. The second kappa shape index (κ2) is 7.32. The van der Waals surface area contributed by atoms with Gasteiger partial charge < -0.3 is 10.4 Å². The molecule has 0 rings (SSSR count). The van der Waals surface area contributed by atoms with Gasteiger partial charge in [0.05, 0.1) is 0 Å². The molecule has 0 saturated carbocycles. The smallest absolute Gasteiger partial charge is 0.0445 e. The van der Waals surface area contributed by atoms with Crippen molar-refractivity contribution in [2.45, 2.75) is 39.2 Å². The predicted molar refractivity (Wildman–Crippen MR) is 53.2 cm³/mol. The predicted octanol–water partition coefficient (Wildman–Crippen LogP) is 1.70. The summed E-state index contributed by atoms with van der Waals surface area (Å²) in [5.74, 6) is 0. The van der Waals surface area contributed by atoms with E-state index in [0.717, 1.165) is 25.8 Å². The number of nitrogens with one attached hydrogen (secondary N) is 1. The van der Waals surface area contributed by atoms with Crippen LogP contribution < -0.4 is 5.32 Å². The fourth-order valence-electron chi connectivity index (χ4n) is 1.10. The molecule has 0 bridgehead atoms.